The van der Waals surface area contributed by atoms with Crippen LogP contribution in [0, 0.1) is 0 Å². The number of anilines is 1. The fourth-order valence-electron chi connectivity index (χ4n) is 2.27. The van der Waals surface area contributed by atoms with Gasteiger partial charge in [0.25, 0.3) is 11.5 Å². The molecule has 1 aromatic rings. The molecule has 2 N–H and O–H groups in total. The Labute approximate surface area is 131 Å². The average molecular weight is 330 g/mol. The van der Waals surface area contributed by atoms with Crippen LogP contribution < -0.4 is 5.32 Å². The summed E-state index contributed by atoms with van der Waals surface area (Å²) in [6.45, 7) is 3.21. The van der Waals surface area contributed by atoms with E-state index in [0.717, 1.165) is 0 Å². The molecule has 0 saturated heterocycles. The van der Waals surface area contributed by atoms with Crippen LogP contribution in [0.3, 0.4) is 0 Å². The van der Waals surface area contributed by atoms with Crippen molar-refractivity contribution in [2.75, 3.05) is 5.32 Å². The summed E-state index contributed by atoms with van der Waals surface area (Å²) >= 11 is 11.7. The molecule has 0 bridgehead atoms. The molecular formula is C14H13Cl2NO4. The molecular weight excluding hydrogens is 317 g/mol. The molecule has 0 aromatic heterocycles. The predicted molar refractivity (Wildman–Crippen MR) is 79.8 cm³/mol. The first-order valence-electron chi connectivity index (χ1n) is 6.13. The Morgan fingerprint density at radius 2 is 1.86 bits per heavy atom. The van der Waals surface area contributed by atoms with E-state index in [4.69, 9.17) is 27.9 Å². The smallest absolute Gasteiger partial charge is 0.350 e. The average Bonchev–Trinajstić information content (AvgIpc) is 2.63. The van der Waals surface area contributed by atoms with Crippen molar-refractivity contribution >= 4 is 40.8 Å². The van der Waals surface area contributed by atoms with E-state index in [1.807, 2.05) is 0 Å². The summed E-state index contributed by atoms with van der Waals surface area (Å²) in [4.78, 5) is 24.0. The summed E-state index contributed by atoms with van der Waals surface area (Å²) < 4.78 is 5.35. The molecule has 1 heterocycles. The van der Waals surface area contributed by atoms with Gasteiger partial charge in [0.05, 0.1) is 6.10 Å². The van der Waals surface area contributed by atoms with Gasteiger partial charge in [0.1, 0.15) is 0 Å². The maximum atomic E-state index is 12.4. The minimum absolute atomic E-state index is 0.300. The van der Waals surface area contributed by atoms with Crippen molar-refractivity contribution in [1.82, 2.24) is 0 Å². The van der Waals surface area contributed by atoms with Crippen LogP contribution in [0.4, 0.5) is 5.69 Å². The van der Waals surface area contributed by atoms with Gasteiger partial charge in [-0.2, -0.15) is 0 Å². The molecule has 1 aliphatic heterocycles. The third-order valence-corrected chi connectivity index (χ3v) is 3.58. The number of hydrogen-bond acceptors (Lipinski definition) is 3. The molecule has 2 unspecified atom stereocenters. The Balaban J connectivity index is 2.33. The van der Waals surface area contributed by atoms with Gasteiger partial charge in [-0.3, -0.25) is 4.79 Å². The van der Waals surface area contributed by atoms with Gasteiger partial charge in [0.15, 0.2) is 0 Å². The Kier molecular flexibility index (Phi) is 4.27. The van der Waals surface area contributed by atoms with Gasteiger partial charge in [0.2, 0.25) is 0 Å². The first kappa shape index (κ1) is 15.8. The standard InChI is InChI=1S/C14H13Cl2NO4/c1-7-3-8(2)21-14(7,13(19)20)12(18)17-11-5-9(15)4-10(16)6-11/h3-6,8H,1-2H3,(H,17,18)(H,19,20). The Bertz CT molecular complexity index is 624. The third kappa shape index (κ3) is 2.90. The SMILES string of the molecule is CC1=CC(C)OC1(C(=O)O)C(=O)Nc1cc(Cl)cc(Cl)c1. The van der Waals surface area contributed by atoms with Crippen molar-refractivity contribution in [2.45, 2.75) is 25.6 Å². The van der Waals surface area contributed by atoms with Gasteiger partial charge in [-0.05, 0) is 37.6 Å². The van der Waals surface area contributed by atoms with Crippen LogP contribution in [-0.2, 0) is 14.3 Å². The van der Waals surface area contributed by atoms with E-state index in [0.29, 0.717) is 21.3 Å². The second-order valence-electron chi connectivity index (χ2n) is 4.77. The lowest BCUT2D eigenvalue weighted by Gasteiger charge is -2.25. The quantitative estimate of drug-likeness (QED) is 0.659. The number of carbonyl (C=O) groups is 2. The summed E-state index contributed by atoms with van der Waals surface area (Å²) in [6, 6.07) is 4.45. The Morgan fingerprint density at radius 3 is 2.29 bits per heavy atom. The lowest BCUT2D eigenvalue weighted by Crippen LogP contribution is -2.51. The number of nitrogens with one attached hydrogen (secondary N) is 1. The zero-order valence-electron chi connectivity index (χ0n) is 11.3. The molecule has 21 heavy (non-hydrogen) atoms. The molecule has 112 valence electrons. The summed E-state index contributed by atoms with van der Waals surface area (Å²) in [5.41, 5.74) is -1.41. The van der Waals surface area contributed by atoms with Gasteiger partial charge < -0.3 is 15.2 Å². The molecule has 0 saturated carbocycles. The van der Waals surface area contributed by atoms with Crippen molar-refractivity contribution in [3.63, 3.8) is 0 Å². The number of carboxylic acid groups (broad SMARTS) is 1. The largest absolute Gasteiger partial charge is 0.478 e. The molecule has 0 radical (unpaired) electrons. The van der Waals surface area contributed by atoms with Crippen molar-refractivity contribution in [2.24, 2.45) is 0 Å². The van der Waals surface area contributed by atoms with Crippen LogP contribution in [0.15, 0.2) is 29.8 Å². The monoisotopic (exact) mass is 329 g/mol. The van der Waals surface area contributed by atoms with E-state index in [9.17, 15) is 14.7 Å². The van der Waals surface area contributed by atoms with E-state index in [1.54, 1.807) is 19.9 Å². The molecule has 2 rings (SSSR count). The van der Waals surface area contributed by atoms with E-state index in [2.05, 4.69) is 5.32 Å². The lowest BCUT2D eigenvalue weighted by atomic mass is 9.95. The number of carbonyl (C=O) groups excluding carboxylic acids is 1. The Hall–Kier alpha value is -1.56. The van der Waals surface area contributed by atoms with Crippen LogP contribution in [-0.4, -0.2) is 28.7 Å². The third-order valence-electron chi connectivity index (χ3n) is 3.14. The summed E-state index contributed by atoms with van der Waals surface area (Å²) in [5, 5.41) is 12.6. The molecule has 1 amide bonds. The highest BCUT2D eigenvalue weighted by molar-refractivity contribution is 6.35. The first-order chi connectivity index (χ1) is 9.75. The second kappa shape index (κ2) is 5.67. The number of hydrogen-bond donors (Lipinski definition) is 2. The number of ether oxygens (including phenoxy) is 1. The normalized spacial score (nSPS) is 24.6. The van der Waals surface area contributed by atoms with Gasteiger partial charge in [-0.25, -0.2) is 4.79 Å². The van der Waals surface area contributed by atoms with Crippen molar-refractivity contribution in [3.8, 4) is 0 Å². The topological polar surface area (TPSA) is 75.6 Å². The molecule has 2 atom stereocenters. The van der Waals surface area contributed by atoms with E-state index in [-0.39, 0.29) is 0 Å². The van der Waals surface area contributed by atoms with E-state index < -0.39 is 23.6 Å². The summed E-state index contributed by atoms with van der Waals surface area (Å²) in [7, 11) is 0. The highest BCUT2D eigenvalue weighted by Gasteiger charge is 2.53. The van der Waals surface area contributed by atoms with Crippen LogP contribution >= 0.6 is 23.2 Å². The number of aliphatic carboxylic acids is 1. The highest BCUT2D eigenvalue weighted by atomic mass is 35.5. The summed E-state index contributed by atoms with van der Waals surface area (Å²) in [5.74, 6) is -2.17. The molecule has 0 spiro atoms. The molecule has 5 nitrogen and oxygen atoms in total. The molecule has 7 heteroatoms. The van der Waals surface area contributed by atoms with Crippen molar-refractivity contribution in [1.29, 1.82) is 0 Å². The maximum absolute atomic E-state index is 12.4. The zero-order valence-corrected chi connectivity index (χ0v) is 12.8. The number of amides is 1. The highest BCUT2D eigenvalue weighted by Crippen LogP contribution is 2.33. The number of carboxylic acids is 1. The molecule has 0 fully saturated rings. The lowest BCUT2D eigenvalue weighted by molar-refractivity contribution is -0.166. The van der Waals surface area contributed by atoms with E-state index >= 15 is 0 Å². The minimum Gasteiger partial charge on any atom is -0.478 e. The van der Waals surface area contributed by atoms with Crippen LogP contribution in [0.2, 0.25) is 10.0 Å². The van der Waals surface area contributed by atoms with E-state index in [1.165, 1.54) is 18.2 Å². The molecule has 1 aliphatic rings. The van der Waals surface area contributed by atoms with Crippen molar-refractivity contribution < 1.29 is 19.4 Å². The van der Waals surface area contributed by atoms with Gasteiger partial charge >= 0.3 is 5.97 Å². The predicted octanol–water partition coefficient (Wildman–Crippen LogP) is 3.12. The zero-order chi connectivity index (χ0) is 15.8. The first-order valence-corrected chi connectivity index (χ1v) is 6.89. The van der Waals surface area contributed by atoms with Crippen LogP contribution in [0.1, 0.15) is 13.8 Å². The molecule has 0 aliphatic carbocycles. The molecule has 1 aromatic carbocycles. The number of rotatable bonds is 3. The Morgan fingerprint density at radius 1 is 1.29 bits per heavy atom. The van der Waals surface area contributed by atoms with Crippen LogP contribution in [0.25, 0.3) is 0 Å². The summed E-state index contributed by atoms with van der Waals surface area (Å²) in [6.07, 6.45) is 1.13. The number of benzene rings is 1. The fourth-order valence-corrected chi connectivity index (χ4v) is 2.80. The second-order valence-corrected chi connectivity index (χ2v) is 5.64. The number of halogens is 2. The minimum atomic E-state index is -2.03. The van der Waals surface area contributed by atoms with Crippen LogP contribution in [0.5, 0.6) is 0 Å². The van der Waals surface area contributed by atoms with Gasteiger partial charge in [-0.1, -0.05) is 29.3 Å². The van der Waals surface area contributed by atoms with Gasteiger partial charge in [0, 0.05) is 15.7 Å². The fraction of sp³-hybridized carbons (Fsp3) is 0.286. The van der Waals surface area contributed by atoms with Crippen molar-refractivity contribution in [3.05, 3.63) is 39.9 Å². The maximum Gasteiger partial charge on any atom is 0.350 e. The van der Waals surface area contributed by atoms with Gasteiger partial charge in [-0.15, -0.1) is 0 Å².